The molecule has 0 spiro atoms. The molecule has 1 aromatic carbocycles. The predicted octanol–water partition coefficient (Wildman–Crippen LogP) is 1.02. The number of aromatic nitrogens is 2. The first-order valence-electron chi connectivity index (χ1n) is 5.77. The fourth-order valence-electron chi connectivity index (χ4n) is 1.56. The summed E-state index contributed by atoms with van der Waals surface area (Å²) in [4.78, 5) is 10.7. The number of hydrogen-bond acceptors (Lipinski definition) is 4. The summed E-state index contributed by atoms with van der Waals surface area (Å²) in [5, 5.41) is 22.5. The van der Waals surface area contributed by atoms with Gasteiger partial charge in [-0.05, 0) is 30.3 Å². The Morgan fingerprint density at radius 1 is 1.37 bits per heavy atom. The van der Waals surface area contributed by atoms with Crippen molar-refractivity contribution in [3.8, 4) is 5.75 Å². The Kier molecular flexibility index (Phi) is 4.15. The van der Waals surface area contributed by atoms with Crippen molar-refractivity contribution in [3.63, 3.8) is 0 Å². The molecule has 0 bridgehead atoms. The molecular weight excluding hydrogens is 248 g/mol. The van der Waals surface area contributed by atoms with E-state index in [-0.39, 0.29) is 12.2 Å². The zero-order chi connectivity index (χ0) is 13.7. The van der Waals surface area contributed by atoms with E-state index >= 15 is 0 Å². The Hall–Kier alpha value is -2.34. The minimum Gasteiger partial charge on any atom is -0.491 e. The lowest BCUT2D eigenvalue weighted by Crippen LogP contribution is -2.23. The van der Waals surface area contributed by atoms with Crippen LogP contribution in [-0.2, 0) is 6.54 Å². The number of rotatable bonds is 6. The maximum Gasteiger partial charge on any atom is 0.335 e. The third-order valence-electron chi connectivity index (χ3n) is 2.50. The van der Waals surface area contributed by atoms with E-state index in [0.29, 0.717) is 12.3 Å². The van der Waals surface area contributed by atoms with Gasteiger partial charge in [-0.3, -0.25) is 4.68 Å². The molecule has 6 nitrogen and oxygen atoms in total. The van der Waals surface area contributed by atoms with Crippen molar-refractivity contribution >= 4 is 5.97 Å². The van der Waals surface area contributed by atoms with Crippen molar-refractivity contribution in [2.24, 2.45) is 0 Å². The van der Waals surface area contributed by atoms with Crippen molar-refractivity contribution in [1.82, 2.24) is 9.78 Å². The van der Waals surface area contributed by atoms with Gasteiger partial charge in [-0.25, -0.2) is 4.79 Å². The molecular formula is C13H14N2O4. The molecule has 1 aromatic heterocycles. The first kappa shape index (κ1) is 13.1. The second kappa shape index (κ2) is 6.01. The van der Waals surface area contributed by atoms with Gasteiger partial charge in [-0.15, -0.1) is 0 Å². The first-order chi connectivity index (χ1) is 9.15. The quantitative estimate of drug-likeness (QED) is 0.812. The second-order valence-electron chi connectivity index (χ2n) is 4.02. The summed E-state index contributed by atoms with van der Waals surface area (Å²) in [6.45, 7) is 0.465. The molecule has 0 aliphatic carbocycles. The fraction of sp³-hybridized carbons (Fsp3) is 0.231. The average molecular weight is 262 g/mol. The van der Waals surface area contributed by atoms with Gasteiger partial charge in [0.15, 0.2) is 0 Å². The van der Waals surface area contributed by atoms with Gasteiger partial charge in [0.05, 0.1) is 12.1 Å². The van der Waals surface area contributed by atoms with Crippen molar-refractivity contribution in [1.29, 1.82) is 0 Å². The second-order valence-corrected chi connectivity index (χ2v) is 4.02. The predicted molar refractivity (Wildman–Crippen MR) is 67.1 cm³/mol. The van der Waals surface area contributed by atoms with Gasteiger partial charge in [0, 0.05) is 12.4 Å². The van der Waals surface area contributed by atoms with Crippen molar-refractivity contribution in [3.05, 3.63) is 48.3 Å². The molecule has 0 saturated heterocycles. The lowest BCUT2D eigenvalue weighted by Gasteiger charge is -2.12. The Morgan fingerprint density at radius 2 is 2.11 bits per heavy atom. The third kappa shape index (κ3) is 3.82. The summed E-state index contributed by atoms with van der Waals surface area (Å²) in [6, 6.07) is 7.81. The van der Waals surface area contributed by atoms with Crippen LogP contribution in [0.1, 0.15) is 10.4 Å². The average Bonchev–Trinajstić information content (AvgIpc) is 2.89. The van der Waals surface area contributed by atoms with Gasteiger partial charge in [-0.2, -0.15) is 5.10 Å². The van der Waals surface area contributed by atoms with Crippen LogP contribution in [0, 0.1) is 0 Å². The monoisotopic (exact) mass is 262 g/mol. The molecule has 1 atom stereocenters. The van der Waals surface area contributed by atoms with Gasteiger partial charge in [0.2, 0.25) is 0 Å². The highest BCUT2D eigenvalue weighted by atomic mass is 16.5. The van der Waals surface area contributed by atoms with Gasteiger partial charge in [0.25, 0.3) is 0 Å². The number of aliphatic hydroxyl groups excluding tert-OH is 1. The van der Waals surface area contributed by atoms with Crippen molar-refractivity contribution < 1.29 is 19.7 Å². The minimum absolute atomic E-state index is 0.117. The number of nitrogens with zero attached hydrogens (tertiary/aromatic N) is 2. The van der Waals surface area contributed by atoms with Crippen LogP contribution in [-0.4, -0.2) is 38.7 Å². The molecule has 0 aliphatic heterocycles. The maximum absolute atomic E-state index is 10.7. The molecule has 0 radical (unpaired) electrons. The normalized spacial score (nSPS) is 12.1. The van der Waals surface area contributed by atoms with Crippen LogP contribution in [0.4, 0.5) is 0 Å². The lowest BCUT2D eigenvalue weighted by molar-refractivity contribution is 0.0696. The van der Waals surface area contributed by atoms with Gasteiger partial charge >= 0.3 is 5.97 Å². The Morgan fingerprint density at radius 3 is 2.68 bits per heavy atom. The molecule has 2 N–H and O–H groups in total. The molecule has 0 aliphatic rings. The molecule has 0 saturated carbocycles. The third-order valence-corrected chi connectivity index (χ3v) is 2.50. The smallest absolute Gasteiger partial charge is 0.335 e. The lowest BCUT2D eigenvalue weighted by atomic mass is 10.2. The maximum atomic E-state index is 10.7. The highest BCUT2D eigenvalue weighted by Gasteiger charge is 2.07. The molecule has 0 amide bonds. The Bertz CT molecular complexity index is 522. The summed E-state index contributed by atoms with van der Waals surface area (Å²) in [7, 11) is 0. The van der Waals surface area contributed by atoms with Gasteiger partial charge in [-0.1, -0.05) is 0 Å². The minimum atomic E-state index is -0.981. The van der Waals surface area contributed by atoms with E-state index in [4.69, 9.17) is 9.84 Å². The molecule has 2 aromatic rings. The van der Waals surface area contributed by atoms with Gasteiger partial charge < -0.3 is 14.9 Å². The number of carbonyl (C=O) groups is 1. The molecule has 1 heterocycles. The van der Waals surface area contributed by atoms with E-state index in [9.17, 15) is 9.90 Å². The van der Waals surface area contributed by atoms with Crippen LogP contribution >= 0.6 is 0 Å². The van der Waals surface area contributed by atoms with Crippen molar-refractivity contribution in [2.45, 2.75) is 12.6 Å². The molecule has 2 rings (SSSR count). The van der Waals surface area contributed by atoms with E-state index in [1.165, 1.54) is 12.1 Å². The van der Waals surface area contributed by atoms with Crippen LogP contribution in [0.3, 0.4) is 0 Å². The number of aromatic carboxylic acids is 1. The zero-order valence-corrected chi connectivity index (χ0v) is 10.1. The number of carboxylic acid groups (broad SMARTS) is 1. The van der Waals surface area contributed by atoms with E-state index < -0.39 is 12.1 Å². The number of benzene rings is 1. The molecule has 1 unspecified atom stereocenters. The first-order valence-corrected chi connectivity index (χ1v) is 5.77. The van der Waals surface area contributed by atoms with E-state index in [0.717, 1.165) is 0 Å². The number of hydrogen-bond donors (Lipinski definition) is 2. The van der Waals surface area contributed by atoms with E-state index in [2.05, 4.69) is 5.10 Å². The van der Waals surface area contributed by atoms with Crippen molar-refractivity contribution in [2.75, 3.05) is 6.61 Å². The number of carboxylic acids is 1. The van der Waals surface area contributed by atoms with Crippen LogP contribution in [0.25, 0.3) is 0 Å². The van der Waals surface area contributed by atoms with Crippen LogP contribution in [0.2, 0.25) is 0 Å². The molecule has 0 fully saturated rings. The van der Waals surface area contributed by atoms with Gasteiger partial charge in [0.1, 0.15) is 18.5 Å². The standard InChI is InChI=1S/C13H14N2O4/c16-11(8-15-7-1-6-14-15)9-19-12-4-2-10(3-5-12)13(17)18/h1-7,11,16H,8-9H2,(H,17,18). The number of aliphatic hydroxyl groups is 1. The van der Waals surface area contributed by atoms with Crippen LogP contribution in [0.5, 0.6) is 5.75 Å². The molecule has 100 valence electrons. The summed E-state index contributed by atoms with van der Waals surface area (Å²) < 4.78 is 6.98. The topological polar surface area (TPSA) is 84.6 Å². The Balaban J connectivity index is 1.83. The van der Waals surface area contributed by atoms with E-state index in [1.807, 2.05) is 0 Å². The zero-order valence-electron chi connectivity index (χ0n) is 10.1. The van der Waals surface area contributed by atoms with Crippen LogP contribution < -0.4 is 4.74 Å². The van der Waals surface area contributed by atoms with E-state index in [1.54, 1.807) is 35.3 Å². The summed E-state index contributed by atoms with van der Waals surface area (Å²) in [5.74, 6) is -0.463. The summed E-state index contributed by atoms with van der Waals surface area (Å²) in [5.41, 5.74) is 0.199. The molecule has 19 heavy (non-hydrogen) atoms. The summed E-state index contributed by atoms with van der Waals surface area (Å²) >= 11 is 0. The highest BCUT2D eigenvalue weighted by Crippen LogP contribution is 2.12. The number of ether oxygens (including phenoxy) is 1. The SMILES string of the molecule is O=C(O)c1ccc(OCC(O)Cn2cccn2)cc1. The fourth-order valence-corrected chi connectivity index (χ4v) is 1.56. The largest absolute Gasteiger partial charge is 0.491 e. The molecule has 6 heteroatoms. The summed E-state index contributed by atoms with van der Waals surface area (Å²) in [6.07, 6.45) is 2.71. The Labute approximate surface area is 109 Å². The van der Waals surface area contributed by atoms with Crippen LogP contribution in [0.15, 0.2) is 42.7 Å². The highest BCUT2D eigenvalue weighted by molar-refractivity contribution is 5.87.